The van der Waals surface area contributed by atoms with Gasteiger partial charge in [0.25, 0.3) is 0 Å². The lowest BCUT2D eigenvalue weighted by molar-refractivity contribution is -0.917. The fraction of sp³-hybridized carbons (Fsp3) is 0.778. The zero-order valence-electron chi connectivity index (χ0n) is 8.66. The van der Waals surface area contributed by atoms with Gasteiger partial charge in [0.2, 0.25) is 0 Å². The molecule has 0 bridgehead atoms. The molecule has 0 saturated heterocycles. The molecule has 3 nitrogen and oxygen atoms in total. The highest BCUT2D eigenvalue weighted by Crippen LogP contribution is 2.04. The van der Waals surface area contributed by atoms with Gasteiger partial charge in [-0.2, -0.15) is 5.26 Å². The van der Waals surface area contributed by atoms with Gasteiger partial charge in [0.15, 0.2) is 6.54 Å². The van der Waals surface area contributed by atoms with E-state index in [-0.39, 0.29) is 17.0 Å². The van der Waals surface area contributed by atoms with Gasteiger partial charge in [0, 0.05) is 0 Å². The summed E-state index contributed by atoms with van der Waals surface area (Å²) in [7, 11) is 0. The number of hydrogen-bond acceptors (Lipinski definition) is 3. The molecule has 0 aliphatic carbocycles. The topological polar surface area (TPSA) is 36.1 Å². The van der Waals surface area contributed by atoms with Crippen LogP contribution in [0.5, 0.6) is 0 Å². The maximum Gasteiger partial charge on any atom is 0.166 e. The molecule has 0 amide bonds. The number of rotatable bonds is 6. The monoisotopic (exact) mass is 277 g/mol. The normalized spacial score (nSPS) is 9.50. The Morgan fingerprint density at radius 3 is 2.29 bits per heavy atom. The minimum atomic E-state index is 0. The molecule has 0 aromatic heterocycles. The van der Waals surface area contributed by atoms with Crippen LogP contribution in [0.15, 0.2) is 4.99 Å². The first-order chi connectivity index (χ1) is 6.24. The molecule has 0 aromatic rings. The molecule has 0 aromatic carbocycles. The Kier molecular flexibility index (Phi) is 10.7. The fourth-order valence-electron chi connectivity index (χ4n) is 1.30. The van der Waals surface area contributed by atoms with Gasteiger partial charge in [-0.25, -0.2) is 4.99 Å². The first kappa shape index (κ1) is 16.2. The second kappa shape index (κ2) is 9.29. The predicted octanol–water partition coefficient (Wildman–Crippen LogP) is -1.53. The summed E-state index contributed by atoms with van der Waals surface area (Å²) < 4.78 is 0.803. The van der Waals surface area contributed by atoms with E-state index in [9.17, 15) is 0 Å². The first-order valence-electron chi connectivity index (χ1n) is 4.50. The number of thiocarbonyl (C=S) groups is 1. The smallest absolute Gasteiger partial charge is 0.166 e. The molecule has 80 valence electrons. The summed E-state index contributed by atoms with van der Waals surface area (Å²) in [4.78, 5) is 3.87. The van der Waals surface area contributed by atoms with E-state index in [0.717, 1.165) is 24.1 Å². The van der Waals surface area contributed by atoms with Crippen LogP contribution in [0.1, 0.15) is 13.8 Å². The van der Waals surface area contributed by atoms with Crippen LogP contribution in [0.2, 0.25) is 0 Å². The lowest BCUT2D eigenvalue weighted by atomic mass is 10.3. The van der Waals surface area contributed by atoms with Gasteiger partial charge in [-0.3, -0.25) is 0 Å². The van der Waals surface area contributed by atoms with Gasteiger partial charge in [-0.1, -0.05) is 0 Å². The van der Waals surface area contributed by atoms with Crippen LogP contribution in [0, 0.1) is 11.3 Å². The van der Waals surface area contributed by atoms with E-state index in [1.807, 2.05) is 0 Å². The number of nitriles is 1. The van der Waals surface area contributed by atoms with Crippen LogP contribution in [-0.2, 0) is 0 Å². The Bertz CT molecular complexity index is 227. The average Bonchev–Trinajstić information content (AvgIpc) is 2.17. The van der Waals surface area contributed by atoms with Crippen LogP contribution in [0.4, 0.5) is 0 Å². The number of aliphatic imine (C=N–C) groups is 1. The van der Waals surface area contributed by atoms with Gasteiger partial charge in [0.05, 0.1) is 24.8 Å². The van der Waals surface area contributed by atoms with Crippen LogP contribution >= 0.6 is 12.2 Å². The van der Waals surface area contributed by atoms with Crippen LogP contribution in [-0.4, -0.2) is 42.4 Å². The van der Waals surface area contributed by atoms with Crippen LogP contribution in [0.3, 0.4) is 0 Å². The van der Waals surface area contributed by atoms with Crippen molar-refractivity contribution in [2.75, 3.05) is 32.7 Å². The molecule has 0 aliphatic heterocycles. The SMILES string of the molecule is CC[N+](CC)(CC#N)CCN=C=S.[Br-]. The van der Waals surface area contributed by atoms with Crippen molar-refractivity contribution in [2.45, 2.75) is 13.8 Å². The third-order valence-electron chi connectivity index (χ3n) is 2.50. The third-order valence-corrected chi connectivity index (χ3v) is 2.63. The molecule has 0 atom stereocenters. The van der Waals surface area contributed by atoms with Crippen LogP contribution in [0.25, 0.3) is 0 Å². The molecule has 0 unspecified atom stereocenters. The molecule has 0 radical (unpaired) electrons. The lowest BCUT2D eigenvalue weighted by Crippen LogP contribution is -3.00. The lowest BCUT2D eigenvalue weighted by Gasteiger charge is -2.33. The van der Waals surface area contributed by atoms with Crippen molar-refractivity contribution in [3.63, 3.8) is 0 Å². The first-order valence-corrected chi connectivity index (χ1v) is 4.91. The zero-order chi connectivity index (χ0) is 10.2. The molecule has 0 N–H and O–H groups in total. The molecule has 0 fully saturated rings. The summed E-state index contributed by atoms with van der Waals surface area (Å²) in [6, 6.07) is 2.22. The van der Waals surface area contributed by atoms with Crippen molar-refractivity contribution in [3.05, 3.63) is 0 Å². The predicted molar refractivity (Wildman–Crippen MR) is 56.6 cm³/mol. The zero-order valence-corrected chi connectivity index (χ0v) is 11.1. The second-order valence-electron chi connectivity index (χ2n) is 2.99. The van der Waals surface area contributed by atoms with Crippen molar-refractivity contribution in [2.24, 2.45) is 4.99 Å². The molecule has 0 aliphatic rings. The molecule has 0 heterocycles. The molecule has 0 rings (SSSR count). The van der Waals surface area contributed by atoms with Crippen molar-refractivity contribution >= 4 is 17.4 Å². The number of hydrogen-bond donors (Lipinski definition) is 0. The summed E-state index contributed by atoms with van der Waals surface area (Å²) in [5.41, 5.74) is 0. The van der Waals surface area contributed by atoms with Gasteiger partial charge >= 0.3 is 0 Å². The van der Waals surface area contributed by atoms with Crippen molar-refractivity contribution in [1.29, 1.82) is 5.26 Å². The maximum atomic E-state index is 8.69. The van der Waals surface area contributed by atoms with E-state index in [1.54, 1.807) is 0 Å². The molecule has 0 spiro atoms. The molecular formula is C9H16BrN3S. The van der Waals surface area contributed by atoms with E-state index < -0.39 is 0 Å². The summed E-state index contributed by atoms with van der Waals surface area (Å²) in [6.07, 6.45) is 0. The van der Waals surface area contributed by atoms with Crippen LogP contribution < -0.4 is 17.0 Å². The highest BCUT2D eigenvalue weighted by atomic mass is 79.9. The Labute approximate surface area is 102 Å². The molecule has 0 saturated carbocycles. The van der Waals surface area contributed by atoms with E-state index in [0.29, 0.717) is 13.1 Å². The Hall–Kier alpha value is -0.270. The fourth-order valence-corrected chi connectivity index (χ4v) is 1.39. The summed E-state index contributed by atoms with van der Waals surface area (Å²) in [5.74, 6) is 0. The Balaban J connectivity index is 0. The van der Waals surface area contributed by atoms with E-state index in [2.05, 4.69) is 42.3 Å². The molecule has 14 heavy (non-hydrogen) atoms. The highest BCUT2D eigenvalue weighted by molar-refractivity contribution is 7.78. The Morgan fingerprint density at radius 2 is 1.93 bits per heavy atom. The summed E-state index contributed by atoms with van der Waals surface area (Å²) >= 11 is 4.49. The van der Waals surface area contributed by atoms with E-state index in [4.69, 9.17) is 5.26 Å². The maximum absolute atomic E-state index is 8.69. The van der Waals surface area contributed by atoms with Gasteiger partial charge in [-0.05, 0) is 26.1 Å². The van der Waals surface area contributed by atoms with E-state index in [1.165, 1.54) is 0 Å². The molecule has 5 heteroatoms. The standard InChI is InChI=1S/C9H16N3S.BrH/c1-3-12(4-2,7-5-10)8-6-11-9-13;/h3-4,6-8H2,1-2H3;1H/q+1;/p-1. The third kappa shape index (κ3) is 5.46. The number of quaternary nitrogens is 1. The van der Waals surface area contributed by atoms with Crippen molar-refractivity contribution < 1.29 is 21.5 Å². The minimum absolute atomic E-state index is 0. The summed E-state index contributed by atoms with van der Waals surface area (Å²) in [5, 5.41) is 11.0. The van der Waals surface area contributed by atoms with Crippen molar-refractivity contribution in [1.82, 2.24) is 0 Å². The summed E-state index contributed by atoms with van der Waals surface area (Å²) in [6.45, 7) is 8.24. The van der Waals surface area contributed by atoms with Crippen molar-refractivity contribution in [3.8, 4) is 6.07 Å². The van der Waals surface area contributed by atoms with Gasteiger partial charge in [-0.15, -0.1) is 0 Å². The molecular weight excluding hydrogens is 262 g/mol. The highest BCUT2D eigenvalue weighted by Gasteiger charge is 2.21. The second-order valence-corrected chi connectivity index (χ2v) is 3.17. The minimum Gasteiger partial charge on any atom is -1.00 e. The number of likely N-dealkylation sites (N-methyl/N-ethyl adjacent to an activating group) is 1. The quantitative estimate of drug-likeness (QED) is 0.256. The number of nitrogens with zero attached hydrogens (tertiary/aromatic N) is 3. The number of halogens is 1. The van der Waals surface area contributed by atoms with Gasteiger partial charge < -0.3 is 21.5 Å². The average molecular weight is 278 g/mol. The number of isothiocyanates is 1. The van der Waals surface area contributed by atoms with E-state index >= 15 is 0 Å². The largest absolute Gasteiger partial charge is 1.00 e. The Morgan fingerprint density at radius 1 is 1.36 bits per heavy atom. The van der Waals surface area contributed by atoms with Gasteiger partial charge in [0.1, 0.15) is 12.6 Å².